The fourth-order valence-electron chi connectivity index (χ4n) is 1.25. The molecule has 2 nitrogen and oxygen atoms in total. The van der Waals surface area contributed by atoms with Gasteiger partial charge in [0.2, 0.25) is 0 Å². The Morgan fingerprint density at radius 3 is 2.56 bits per heavy atom. The Balaban J connectivity index is 2.43. The highest BCUT2D eigenvalue weighted by atomic mass is 14.9. The standard InChI is InChI=1S/C7H6N2/c8-9-7-4-2-5-1-3-6(5)7/h1-6H. The van der Waals surface area contributed by atoms with Crippen molar-refractivity contribution in [3.8, 4) is 0 Å². The lowest BCUT2D eigenvalue weighted by Gasteiger charge is -2.15. The molecule has 0 heterocycles. The van der Waals surface area contributed by atoms with E-state index in [1.54, 1.807) is 0 Å². The smallest absolute Gasteiger partial charge is 0.299 e. The molecule has 2 aliphatic carbocycles. The first-order chi connectivity index (χ1) is 4.42. The molecule has 0 bridgehead atoms. The summed E-state index contributed by atoms with van der Waals surface area (Å²) in [6, 6.07) is 0. The first-order valence-electron chi connectivity index (χ1n) is 3.00. The summed E-state index contributed by atoms with van der Waals surface area (Å²) in [5.74, 6) is 0.908. The molecular weight excluding hydrogens is 112 g/mol. The first kappa shape index (κ1) is 4.71. The molecule has 9 heavy (non-hydrogen) atoms. The number of rotatable bonds is 0. The van der Waals surface area contributed by atoms with E-state index in [1.165, 1.54) is 0 Å². The van der Waals surface area contributed by atoms with Gasteiger partial charge in [-0.2, -0.15) is 4.79 Å². The molecule has 0 aromatic carbocycles. The monoisotopic (exact) mass is 118 g/mol. The van der Waals surface area contributed by atoms with Gasteiger partial charge >= 0.3 is 0 Å². The number of fused-ring (bicyclic) bond motifs is 1. The van der Waals surface area contributed by atoms with Crippen molar-refractivity contribution in [2.75, 3.05) is 0 Å². The largest absolute Gasteiger partial charge is 0.361 e. The molecule has 0 spiro atoms. The van der Waals surface area contributed by atoms with Crippen molar-refractivity contribution in [1.82, 2.24) is 0 Å². The lowest BCUT2D eigenvalue weighted by atomic mass is 9.84. The van der Waals surface area contributed by atoms with Crippen LogP contribution in [0.3, 0.4) is 0 Å². The molecule has 0 aromatic heterocycles. The Morgan fingerprint density at radius 1 is 1.33 bits per heavy atom. The normalized spacial score (nSPS) is 35.8. The fraction of sp³-hybridized carbons (Fsp3) is 0.286. The van der Waals surface area contributed by atoms with Gasteiger partial charge in [0.15, 0.2) is 0 Å². The molecule has 2 atom stereocenters. The predicted octanol–water partition coefficient (Wildman–Crippen LogP) is 1.03. The maximum atomic E-state index is 8.39. The van der Waals surface area contributed by atoms with Crippen molar-refractivity contribution >= 4 is 5.71 Å². The van der Waals surface area contributed by atoms with Crippen LogP contribution in [-0.4, -0.2) is 10.5 Å². The summed E-state index contributed by atoms with van der Waals surface area (Å²) in [7, 11) is 0. The number of allylic oxidation sites excluding steroid dienone is 4. The van der Waals surface area contributed by atoms with Gasteiger partial charge < -0.3 is 5.53 Å². The van der Waals surface area contributed by atoms with E-state index >= 15 is 0 Å². The SMILES string of the molecule is [N-]=[N+]=C1C=CC2C=CC12. The van der Waals surface area contributed by atoms with Crippen LogP contribution in [0.2, 0.25) is 0 Å². The second kappa shape index (κ2) is 1.42. The van der Waals surface area contributed by atoms with E-state index in [4.69, 9.17) is 5.53 Å². The Labute approximate surface area is 53.1 Å². The van der Waals surface area contributed by atoms with Crippen LogP contribution < -0.4 is 0 Å². The molecule has 2 aliphatic rings. The topological polar surface area (TPSA) is 36.4 Å². The Hall–Kier alpha value is -1.14. The molecule has 2 heteroatoms. The van der Waals surface area contributed by atoms with Crippen molar-refractivity contribution in [1.29, 1.82) is 0 Å². The zero-order valence-electron chi connectivity index (χ0n) is 4.86. The summed E-state index contributed by atoms with van der Waals surface area (Å²) in [6.07, 6.45) is 8.09. The van der Waals surface area contributed by atoms with Gasteiger partial charge in [-0.3, -0.25) is 0 Å². The second-order valence-electron chi connectivity index (χ2n) is 2.37. The highest BCUT2D eigenvalue weighted by molar-refractivity contribution is 5.97. The van der Waals surface area contributed by atoms with Crippen LogP contribution in [0.1, 0.15) is 0 Å². The second-order valence-corrected chi connectivity index (χ2v) is 2.37. The zero-order chi connectivity index (χ0) is 6.27. The minimum Gasteiger partial charge on any atom is -0.361 e. The van der Waals surface area contributed by atoms with Gasteiger partial charge in [-0.05, 0) is 0 Å². The molecule has 0 aliphatic heterocycles. The molecule has 0 aromatic rings. The summed E-state index contributed by atoms with van der Waals surface area (Å²) in [5, 5.41) is 0. The maximum absolute atomic E-state index is 8.39. The van der Waals surface area contributed by atoms with Gasteiger partial charge in [0.05, 0.1) is 5.92 Å². The predicted molar refractivity (Wildman–Crippen MR) is 33.9 cm³/mol. The van der Waals surface area contributed by atoms with Crippen LogP contribution in [0, 0.1) is 11.8 Å². The minimum absolute atomic E-state index is 0.384. The van der Waals surface area contributed by atoms with Crippen molar-refractivity contribution in [2.24, 2.45) is 11.8 Å². The Kier molecular flexibility index (Phi) is 0.746. The van der Waals surface area contributed by atoms with Crippen molar-refractivity contribution in [3.05, 3.63) is 29.8 Å². The van der Waals surface area contributed by atoms with Crippen LogP contribution in [-0.2, 0) is 0 Å². The third-order valence-electron chi connectivity index (χ3n) is 1.90. The van der Waals surface area contributed by atoms with Crippen molar-refractivity contribution in [3.63, 3.8) is 0 Å². The highest BCUT2D eigenvalue weighted by Crippen LogP contribution is 2.32. The highest BCUT2D eigenvalue weighted by Gasteiger charge is 2.35. The number of hydrogen-bond donors (Lipinski definition) is 0. The molecule has 0 N–H and O–H groups in total. The van der Waals surface area contributed by atoms with Crippen LogP contribution in [0.15, 0.2) is 24.3 Å². The summed E-state index contributed by atoms with van der Waals surface area (Å²) in [4.78, 5) is 3.15. The lowest BCUT2D eigenvalue weighted by molar-refractivity contribution is -0.00936. The number of hydrogen-bond acceptors (Lipinski definition) is 0. The molecule has 0 amide bonds. The Morgan fingerprint density at radius 2 is 2.22 bits per heavy atom. The summed E-state index contributed by atoms with van der Waals surface area (Å²) >= 11 is 0. The van der Waals surface area contributed by atoms with Crippen LogP contribution in [0.25, 0.3) is 5.53 Å². The quantitative estimate of drug-likeness (QED) is 0.259. The van der Waals surface area contributed by atoms with E-state index in [-0.39, 0.29) is 0 Å². The molecule has 0 fully saturated rings. The Bertz CT molecular complexity index is 244. The summed E-state index contributed by atoms with van der Waals surface area (Å²) < 4.78 is 0. The van der Waals surface area contributed by atoms with Gasteiger partial charge in [-0.1, -0.05) is 18.2 Å². The van der Waals surface area contributed by atoms with Crippen LogP contribution in [0.5, 0.6) is 0 Å². The molecule has 0 saturated heterocycles. The van der Waals surface area contributed by atoms with Gasteiger partial charge in [0.1, 0.15) is 0 Å². The third-order valence-corrected chi connectivity index (χ3v) is 1.90. The zero-order valence-corrected chi connectivity index (χ0v) is 4.86. The summed E-state index contributed by atoms with van der Waals surface area (Å²) in [5.41, 5.74) is 9.18. The minimum atomic E-state index is 0.384. The van der Waals surface area contributed by atoms with E-state index in [0.29, 0.717) is 11.8 Å². The van der Waals surface area contributed by atoms with Crippen LogP contribution in [0.4, 0.5) is 0 Å². The number of nitrogens with zero attached hydrogens (tertiary/aromatic N) is 2. The van der Waals surface area contributed by atoms with Gasteiger partial charge in [0.25, 0.3) is 5.71 Å². The van der Waals surface area contributed by atoms with E-state index in [9.17, 15) is 0 Å². The van der Waals surface area contributed by atoms with Gasteiger partial charge in [0, 0.05) is 12.0 Å². The van der Waals surface area contributed by atoms with E-state index in [2.05, 4.69) is 23.0 Å². The van der Waals surface area contributed by atoms with Crippen molar-refractivity contribution in [2.45, 2.75) is 0 Å². The van der Waals surface area contributed by atoms with E-state index in [0.717, 1.165) is 5.71 Å². The molecule has 2 rings (SSSR count). The maximum Gasteiger partial charge on any atom is 0.299 e. The molecule has 0 saturated carbocycles. The summed E-state index contributed by atoms with van der Waals surface area (Å²) in [6.45, 7) is 0. The van der Waals surface area contributed by atoms with Gasteiger partial charge in [-0.15, -0.1) is 0 Å². The average Bonchev–Trinajstić information content (AvgIpc) is 2.07. The average molecular weight is 118 g/mol. The van der Waals surface area contributed by atoms with E-state index in [1.807, 2.05) is 6.08 Å². The molecule has 44 valence electrons. The fourth-order valence-corrected chi connectivity index (χ4v) is 1.25. The lowest BCUT2D eigenvalue weighted by Crippen LogP contribution is -2.19. The van der Waals surface area contributed by atoms with Crippen LogP contribution >= 0.6 is 0 Å². The molecule has 2 unspecified atom stereocenters. The van der Waals surface area contributed by atoms with E-state index < -0.39 is 0 Å². The third kappa shape index (κ3) is 0.456. The molecular formula is C7H6N2. The van der Waals surface area contributed by atoms with Crippen molar-refractivity contribution < 1.29 is 4.79 Å². The molecule has 0 radical (unpaired) electrons. The van der Waals surface area contributed by atoms with Gasteiger partial charge in [-0.25, -0.2) is 0 Å². The first-order valence-corrected chi connectivity index (χ1v) is 3.00.